The molecule has 0 fully saturated rings. The highest BCUT2D eigenvalue weighted by Crippen LogP contribution is 2.25. The van der Waals surface area contributed by atoms with E-state index in [4.69, 9.17) is 0 Å². The number of para-hydroxylation sites is 1. The van der Waals surface area contributed by atoms with E-state index in [1.807, 2.05) is 12.1 Å². The fourth-order valence-corrected chi connectivity index (χ4v) is 3.86. The minimum Gasteiger partial charge on any atom is -0.465 e. The van der Waals surface area contributed by atoms with E-state index >= 15 is 0 Å². The van der Waals surface area contributed by atoms with E-state index < -0.39 is 16.0 Å². The maximum Gasteiger partial charge on any atom is 0.337 e. The summed E-state index contributed by atoms with van der Waals surface area (Å²) < 4.78 is 32.9. The van der Waals surface area contributed by atoms with Gasteiger partial charge in [-0.25, -0.2) is 13.2 Å². The number of carbonyl (C=O) groups excluding carboxylic acids is 1. The first kappa shape index (κ1) is 16.9. The van der Waals surface area contributed by atoms with Gasteiger partial charge in [-0.2, -0.15) is 0 Å². The lowest BCUT2D eigenvalue weighted by molar-refractivity contribution is 0.0600. The quantitative estimate of drug-likeness (QED) is 0.726. The van der Waals surface area contributed by atoms with Crippen LogP contribution in [-0.2, 0) is 14.8 Å². The molecule has 7 heteroatoms. The second kappa shape index (κ2) is 6.52. The van der Waals surface area contributed by atoms with Crippen molar-refractivity contribution in [2.75, 3.05) is 11.8 Å². The maximum atomic E-state index is 12.8. The van der Waals surface area contributed by atoms with Crippen molar-refractivity contribution in [1.82, 2.24) is 4.98 Å². The van der Waals surface area contributed by atoms with Crippen molar-refractivity contribution in [2.24, 2.45) is 0 Å². The van der Waals surface area contributed by atoms with E-state index in [9.17, 15) is 13.2 Å². The van der Waals surface area contributed by atoms with Crippen LogP contribution in [0.3, 0.4) is 0 Å². The Hall–Kier alpha value is -2.93. The molecule has 0 spiro atoms. The third-order valence-corrected chi connectivity index (χ3v) is 5.28. The number of esters is 1. The second-order valence-corrected chi connectivity index (χ2v) is 7.11. The molecule has 0 aliphatic rings. The number of anilines is 1. The Morgan fingerprint density at radius 2 is 1.88 bits per heavy atom. The molecule has 0 bridgehead atoms. The van der Waals surface area contributed by atoms with Crippen molar-refractivity contribution in [2.45, 2.75) is 11.8 Å². The third-order valence-electron chi connectivity index (χ3n) is 3.78. The van der Waals surface area contributed by atoms with Crippen molar-refractivity contribution in [3.05, 3.63) is 65.9 Å². The summed E-state index contributed by atoms with van der Waals surface area (Å²) in [6.07, 6.45) is 1.60. The highest BCUT2D eigenvalue weighted by atomic mass is 32.2. The van der Waals surface area contributed by atoms with Crippen LogP contribution in [0.25, 0.3) is 10.9 Å². The zero-order valence-corrected chi connectivity index (χ0v) is 14.5. The predicted molar refractivity (Wildman–Crippen MR) is 95.1 cm³/mol. The summed E-state index contributed by atoms with van der Waals surface area (Å²) in [4.78, 5) is 15.9. The minimum absolute atomic E-state index is 0.0170. The number of carbonyl (C=O) groups is 1. The van der Waals surface area contributed by atoms with Crippen LogP contribution in [0.4, 0.5) is 5.69 Å². The van der Waals surface area contributed by atoms with Crippen LogP contribution in [0.1, 0.15) is 15.9 Å². The fourth-order valence-electron chi connectivity index (χ4n) is 2.52. The maximum absolute atomic E-state index is 12.8. The Bertz CT molecular complexity index is 1060. The van der Waals surface area contributed by atoms with Gasteiger partial charge in [-0.1, -0.05) is 24.3 Å². The Morgan fingerprint density at radius 1 is 1.12 bits per heavy atom. The van der Waals surface area contributed by atoms with Crippen LogP contribution in [-0.4, -0.2) is 26.5 Å². The summed E-state index contributed by atoms with van der Waals surface area (Å²) in [6.45, 7) is 1.66. The smallest absolute Gasteiger partial charge is 0.337 e. The molecule has 1 aromatic heterocycles. The molecule has 0 saturated heterocycles. The summed E-state index contributed by atoms with van der Waals surface area (Å²) in [7, 11) is -2.65. The summed E-state index contributed by atoms with van der Waals surface area (Å²) in [5.74, 6) is -0.594. The molecular weight excluding hydrogens is 340 g/mol. The van der Waals surface area contributed by atoms with Crippen LogP contribution < -0.4 is 4.72 Å². The molecule has 0 atom stereocenters. The normalized spacial score (nSPS) is 11.3. The standard InChI is InChI=1S/C18H16N2O4S/c1-12-8-9-14(18(21)24-2)11-16(12)25(22,23)20-15-7-3-5-13-6-4-10-19-17(13)15/h3-11,20H,1-2H3. The van der Waals surface area contributed by atoms with Crippen molar-refractivity contribution in [3.8, 4) is 0 Å². The highest BCUT2D eigenvalue weighted by molar-refractivity contribution is 7.92. The number of rotatable bonds is 4. The van der Waals surface area contributed by atoms with Crippen molar-refractivity contribution >= 4 is 32.6 Å². The Kier molecular flexibility index (Phi) is 4.41. The van der Waals surface area contributed by atoms with Gasteiger partial charge in [-0.05, 0) is 36.8 Å². The topological polar surface area (TPSA) is 85.4 Å². The lowest BCUT2D eigenvalue weighted by atomic mass is 10.1. The average molecular weight is 356 g/mol. The number of fused-ring (bicyclic) bond motifs is 1. The first-order chi connectivity index (χ1) is 11.9. The molecule has 0 aliphatic heterocycles. The third kappa shape index (κ3) is 3.32. The lowest BCUT2D eigenvalue weighted by Crippen LogP contribution is -2.16. The number of aryl methyl sites for hydroxylation is 1. The molecule has 1 heterocycles. The van der Waals surface area contributed by atoms with Gasteiger partial charge in [-0.3, -0.25) is 9.71 Å². The Balaban J connectivity index is 2.06. The molecule has 3 rings (SSSR count). The molecule has 0 unspecified atom stereocenters. The number of aromatic nitrogens is 1. The number of sulfonamides is 1. The van der Waals surface area contributed by atoms with Crippen molar-refractivity contribution in [1.29, 1.82) is 0 Å². The van der Waals surface area contributed by atoms with Gasteiger partial charge in [0.15, 0.2) is 0 Å². The predicted octanol–water partition coefficient (Wildman–Crippen LogP) is 3.13. The number of benzene rings is 2. The number of pyridine rings is 1. The molecular formula is C18H16N2O4S. The fraction of sp³-hybridized carbons (Fsp3) is 0.111. The van der Waals surface area contributed by atoms with E-state index in [1.165, 1.54) is 19.2 Å². The van der Waals surface area contributed by atoms with Crippen LogP contribution in [0.2, 0.25) is 0 Å². The largest absolute Gasteiger partial charge is 0.465 e. The van der Waals surface area contributed by atoms with Crippen molar-refractivity contribution < 1.29 is 17.9 Å². The lowest BCUT2D eigenvalue weighted by Gasteiger charge is -2.13. The van der Waals surface area contributed by atoms with Gasteiger partial charge in [0.05, 0.1) is 28.8 Å². The molecule has 3 aromatic rings. The van der Waals surface area contributed by atoms with Gasteiger partial charge in [-0.15, -0.1) is 0 Å². The number of nitrogens with one attached hydrogen (secondary N) is 1. The summed E-state index contributed by atoms with van der Waals surface area (Å²) >= 11 is 0. The summed E-state index contributed by atoms with van der Waals surface area (Å²) in [5.41, 5.74) is 1.62. The van der Waals surface area contributed by atoms with Crippen LogP contribution in [0, 0.1) is 6.92 Å². The van der Waals surface area contributed by atoms with Gasteiger partial charge >= 0.3 is 5.97 Å². The van der Waals surface area contributed by atoms with Crippen LogP contribution >= 0.6 is 0 Å². The van der Waals surface area contributed by atoms with Gasteiger partial charge in [0.1, 0.15) is 0 Å². The number of ether oxygens (including phenoxy) is 1. The first-order valence-electron chi connectivity index (χ1n) is 7.48. The Morgan fingerprint density at radius 3 is 2.64 bits per heavy atom. The van der Waals surface area contributed by atoms with Gasteiger partial charge in [0, 0.05) is 11.6 Å². The zero-order valence-electron chi connectivity index (χ0n) is 13.7. The molecule has 128 valence electrons. The monoisotopic (exact) mass is 356 g/mol. The SMILES string of the molecule is COC(=O)c1ccc(C)c(S(=O)(=O)Nc2cccc3cccnc23)c1. The average Bonchev–Trinajstić information content (AvgIpc) is 2.61. The van der Waals surface area contributed by atoms with E-state index in [-0.39, 0.29) is 10.5 Å². The first-order valence-corrected chi connectivity index (χ1v) is 8.96. The number of hydrogen-bond donors (Lipinski definition) is 1. The van der Waals surface area contributed by atoms with E-state index in [0.717, 1.165) is 5.39 Å². The highest BCUT2D eigenvalue weighted by Gasteiger charge is 2.20. The molecule has 0 saturated carbocycles. The van der Waals surface area contributed by atoms with Gasteiger partial charge < -0.3 is 4.74 Å². The zero-order chi connectivity index (χ0) is 18.0. The molecule has 25 heavy (non-hydrogen) atoms. The Labute approximate surface area is 145 Å². The van der Waals surface area contributed by atoms with Crippen LogP contribution in [0.5, 0.6) is 0 Å². The number of methoxy groups -OCH3 is 1. The summed E-state index contributed by atoms with van der Waals surface area (Å²) in [5, 5.41) is 0.822. The molecule has 0 amide bonds. The number of hydrogen-bond acceptors (Lipinski definition) is 5. The summed E-state index contributed by atoms with van der Waals surface area (Å²) in [6, 6.07) is 13.3. The van der Waals surface area contributed by atoms with Gasteiger partial charge in [0.2, 0.25) is 0 Å². The molecule has 2 aromatic carbocycles. The van der Waals surface area contributed by atoms with Crippen molar-refractivity contribution in [3.63, 3.8) is 0 Å². The van der Waals surface area contributed by atoms with E-state index in [1.54, 1.807) is 37.4 Å². The van der Waals surface area contributed by atoms with Gasteiger partial charge in [0.25, 0.3) is 10.0 Å². The molecule has 6 nitrogen and oxygen atoms in total. The second-order valence-electron chi connectivity index (χ2n) is 5.46. The number of nitrogens with zero attached hydrogens (tertiary/aromatic N) is 1. The van der Waals surface area contributed by atoms with Crippen LogP contribution in [0.15, 0.2) is 59.6 Å². The molecule has 0 aliphatic carbocycles. The molecule has 0 radical (unpaired) electrons. The van der Waals surface area contributed by atoms with E-state index in [2.05, 4.69) is 14.4 Å². The minimum atomic E-state index is -3.90. The van der Waals surface area contributed by atoms with E-state index in [0.29, 0.717) is 16.8 Å². The molecule has 1 N–H and O–H groups in total.